The third-order valence-electron chi connectivity index (χ3n) is 4.28. The number of sulfone groups is 1. The zero-order valence-electron chi connectivity index (χ0n) is 15.9. The number of para-hydroxylation sites is 1. The SMILES string of the molecule is CCc1oc2ccccc2c1/C=C/C(=O)NNC(=O)c1ccc(S(C)(=O)=O)cc1. The summed E-state index contributed by atoms with van der Waals surface area (Å²) < 4.78 is 28.7. The molecule has 0 saturated carbocycles. The van der Waals surface area contributed by atoms with Crippen LogP contribution in [0.2, 0.25) is 0 Å². The quantitative estimate of drug-likeness (QED) is 0.495. The molecule has 0 bridgehead atoms. The smallest absolute Gasteiger partial charge is 0.269 e. The topological polar surface area (TPSA) is 105 Å². The molecule has 0 aliphatic carbocycles. The molecule has 3 aromatic rings. The van der Waals surface area contributed by atoms with Crippen LogP contribution in [-0.2, 0) is 21.1 Å². The highest BCUT2D eigenvalue weighted by atomic mass is 32.2. The lowest BCUT2D eigenvalue weighted by Crippen LogP contribution is -2.40. The number of benzene rings is 2. The number of amides is 2. The van der Waals surface area contributed by atoms with E-state index in [0.29, 0.717) is 6.42 Å². The van der Waals surface area contributed by atoms with E-state index in [1.54, 1.807) is 6.08 Å². The van der Waals surface area contributed by atoms with Gasteiger partial charge in [0.15, 0.2) is 9.84 Å². The van der Waals surface area contributed by atoms with Crippen LogP contribution in [0, 0.1) is 0 Å². The van der Waals surface area contributed by atoms with Crippen LogP contribution >= 0.6 is 0 Å². The summed E-state index contributed by atoms with van der Waals surface area (Å²) in [6.45, 7) is 1.96. The second-order valence-electron chi connectivity index (χ2n) is 6.36. The molecule has 0 aliphatic rings. The van der Waals surface area contributed by atoms with Crippen molar-refractivity contribution in [3.8, 4) is 0 Å². The minimum atomic E-state index is -3.34. The van der Waals surface area contributed by atoms with Crippen LogP contribution in [-0.4, -0.2) is 26.5 Å². The average Bonchev–Trinajstić information content (AvgIpc) is 3.07. The van der Waals surface area contributed by atoms with Gasteiger partial charge in [0.25, 0.3) is 11.8 Å². The fraction of sp³-hybridized carbons (Fsp3) is 0.143. The summed E-state index contributed by atoms with van der Waals surface area (Å²) >= 11 is 0. The summed E-state index contributed by atoms with van der Waals surface area (Å²) in [5, 5.41) is 0.906. The van der Waals surface area contributed by atoms with E-state index < -0.39 is 21.7 Å². The Morgan fingerprint density at radius 3 is 2.38 bits per heavy atom. The monoisotopic (exact) mass is 412 g/mol. The van der Waals surface area contributed by atoms with Crippen molar-refractivity contribution in [2.24, 2.45) is 0 Å². The van der Waals surface area contributed by atoms with Crippen LogP contribution in [0.3, 0.4) is 0 Å². The molecular weight excluding hydrogens is 392 g/mol. The Labute approximate surface area is 168 Å². The van der Waals surface area contributed by atoms with E-state index in [0.717, 1.165) is 28.5 Å². The lowest BCUT2D eigenvalue weighted by Gasteiger charge is -2.06. The van der Waals surface area contributed by atoms with Gasteiger partial charge < -0.3 is 4.42 Å². The van der Waals surface area contributed by atoms with Gasteiger partial charge in [0, 0.05) is 35.3 Å². The Bertz CT molecular complexity index is 1190. The third-order valence-corrected chi connectivity index (χ3v) is 5.41. The normalized spacial score (nSPS) is 11.7. The predicted molar refractivity (Wildman–Crippen MR) is 110 cm³/mol. The van der Waals surface area contributed by atoms with Gasteiger partial charge in [-0.3, -0.25) is 20.4 Å². The predicted octanol–water partition coefficient (Wildman–Crippen LogP) is 2.87. The van der Waals surface area contributed by atoms with Crippen molar-refractivity contribution in [3.05, 3.63) is 71.5 Å². The number of furan rings is 1. The molecule has 0 unspecified atom stereocenters. The minimum absolute atomic E-state index is 0.111. The summed E-state index contributed by atoms with van der Waals surface area (Å²) in [6, 6.07) is 13.0. The number of carbonyl (C=O) groups is 2. The van der Waals surface area contributed by atoms with Gasteiger partial charge in [-0.05, 0) is 36.4 Å². The van der Waals surface area contributed by atoms with E-state index in [4.69, 9.17) is 4.42 Å². The number of rotatable bonds is 5. The molecule has 29 heavy (non-hydrogen) atoms. The van der Waals surface area contributed by atoms with Gasteiger partial charge in [-0.1, -0.05) is 25.1 Å². The first-order valence-electron chi connectivity index (χ1n) is 8.88. The van der Waals surface area contributed by atoms with Crippen LogP contribution in [0.15, 0.2) is 63.9 Å². The fourth-order valence-corrected chi connectivity index (χ4v) is 3.44. The van der Waals surface area contributed by atoms with E-state index in [1.807, 2.05) is 31.2 Å². The molecule has 0 atom stereocenters. The minimum Gasteiger partial charge on any atom is -0.460 e. The highest BCUT2D eigenvalue weighted by Gasteiger charge is 2.12. The van der Waals surface area contributed by atoms with Gasteiger partial charge >= 0.3 is 0 Å². The van der Waals surface area contributed by atoms with Crippen molar-refractivity contribution in [3.63, 3.8) is 0 Å². The number of nitrogens with one attached hydrogen (secondary N) is 2. The molecule has 7 nitrogen and oxygen atoms in total. The zero-order chi connectivity index (χ0) is 21.0. The Balaban J connectivity index is 1.65. The summed E-state index contributed by atoms with van der Waals surface area (Å²) in [7, 11) is -3.34. The largest absolute Gasteiger partial charge is 0.460 e. The highest BCUT2D eigenvalue weighted by Crippen LogP contribution is 2.27. The maximum atomic E-state index is 12.1. The molecule has 3 rings (SSSR count). The second kappa shape index (κ2) is 8.32. The first kappa shape index (κ1) is 20.3. The molecule has 0 aliphatic heterocycles. The first-order chi connectivity index (χ1) is 13.8. The maximum absolute atomic E-state index is 12.1. The van der Waals surface area contributed by atoms with Gasteiger partial charge in [-0.2, -0.15) is 0 Å². The van der Waals surface area contributed by atoms with Gasteiger partial charge in [0.2, 0.25) is 0 Å². The van der Waals surface area contributed by atoms with Crippen molar-refractivity contribution < 1.29 is 22.4 Å². The molecule has 2 amide bonds. The van der Waals surface area contributed by atoms with Gasteiger partial charge in [0.05, 0.1) is 4.90 Å². The molecule has 0 fully saturated rings. The van der Waals surface area contributed by atoms with Crippen LogP contribution in [0.4, 0.5) is 0 Å². The Kier molecular flexibility index (Phi) is 5.84. The fourth-order valence-electron chi connectivity index (χ4n) is 2.81. The summed E-state index contributed by atoms with van der Waals surface area (Å²) in [5.41, 5.74) is 6.37. The van der Waals surface area contributed by atoms with Gasteiger partial charge in [0.1, 0.15) is 11.3 Å². The van der Waals surface area contributed by atoms with Crippen LogP contribution in [0.25, 0.3) is 17.0 Å². The Hall–Kier alpha value is -3.39. The van der Waals surface area contributed by atoms with Crippen LogP contribution < -0.4 is 10.9 Å². The molecule has 2 N–H and O–H groups in total. The molecule has 2 aromatic carbocycles. The number of carbonyl (C=O) groups excluding carboxylic acids is 2. The molecule has 0 radical (unpaired) electrons. The van der Waals surface area contributed by atoms with E-state index in [9.17, 15) is 18.0 Å². The summed E-state index contributed by atoms with van der Waals surface area (Å²) in [5.74, 6) is -0.307. The lowest BCUT2D eigenvalue weighted by molar-refractivity contribution is -0.117. The molecular formula is C21H20N2O5S. The van der Waals surface area contributed by atoms with Gasteiger partial charge in [-0.15, -0.1) is 0 Å². The van der Waals surface area contributed by atoms with Crippen molar-refractivity contribution in [1.29, 1.82) is 0 Å². The van der Waals surface area contributed by atoms with E-state index in [2.05, 4.69) is 10.9 Å². The Morgan fingerprint density at radius 2 is 1.72 bits per heavy atom. The average molecular weight is 412 g/mol. The zero-order valence-corrected chi connectivity index (χ0v) is 16.7. The van der Waals surface area contributed by atoms with Crippen LogP contribution in [0.5, 0.6) is 0 Å². The van der Waals surface area contributed by atoms with Crippen molar-refractivity contribution >= 4 is 38.7 Å². The maximum Gasteiger partial charge on any atom is 0.269 e. The van der Waals surface area contributed by atoms with E-state index >= 15 is 0 Å². The lowest BCUT2D eigenvalue weighted by atomic mass is 10.1. The molecule has 0 saturated heterocycles. The van der Waals surface area contributed by atoms with Crippen molar-refractivity contribution in [1.82, 2.24) is 10.9 Å². The Morgan fingerprint density at radius 1 is 1.03 bits per heavy atom. The standard InChI is InChI=1S/C21H20N2O5S/c1-3-18-17(16-6-4-5-7-19(16)28-18)12-13-20(24)22-23-21(25)14-8-10-15(11-9-14)29(2,26)27/h4-13H,3H2,1-2H3,(H,22,24)(H,23,25)/b13-12+. The molecule has 150 valence electrons. The summed E-state index contributed by atoms with van der Waals surface area (Å²) in [4.78, 5) is 24.3. The molecule has 1 heterocycles. The highest BCUT2D eigenvalue weighted by molar-refractivity contribution is 7.90. The number of fused-ring (bicyclic) bond motifs is 1. The number of hydrazine groups is 1. The molecule has 0 spiro atoms. The third kappa shape index (κ3) is 4.72. The second-order valence-corrected chi connectivity index (χ2v) is 8.38. The van der Waals surface area contributed by atoms with Crippen molar-refractivity contribution in [2.45, 2.75) is 18.2 Å². The van der Waals surface area contributed by atoms with E-state index in [1.165, 1.54) is 30.3 Å². The molecule has 1 aromatic heterocycles. The number of aryl methyl sites for hydroxylation is 1. The van der Waals surface area contributed by atoms with E-state index in [-0.39, 0.29) is 10.5 Å². The number of hydrogen-bond acceptors (Lipinski definition) is 5. The van der Waals surface area contributed by atoms with Crippen molar-refractivity contribution in [2.75, 3.05) is 6.26 Å². The first-order valence-corrected chi connectivity index (χ1v) is 10.8. The molecule has 8 heteroatoms. The number of hydrogen-bond donors (Lipinski definition) is 2. The van der Waals surface area contributed by atoms with Crippen LogP contribution in [0.1, 0.15) is 28.6 Å². The summed E-state index contributed by atoms with van der Waals surface area (Å²) in [6.07, 6.45) is 4.72. The van der Waals surface area contributed by atoms with Gasteiger partial charge in [-0.25, -0.2) is 8.42 Å².